The molecule has 7 heteroatoms. The standard InChI is InChI=1S/C31H36FN5.ClH/c1-22-23(2)37(19-24-7-6-10-27(32)17-24)30-29(22)18-28(21-35-15-13-34(3)14-16-35)33-31(30)36-12-11-25-8-4-5-9-26(25)20-36;/h4-10,17-18H,11-16,19-21H2,1-3H3;1H. The van der Waals surface area contributed by atoms with E-state index in [-0.39, 0.29) is 18.2 Å². The molecule has 0 saturated carbocycles. The summed E-state index contributed by atoms with van der Waals surface area (Å²) in [7, 11) is 2.20. The summed E-state index contributed by atoms with van der Waals surface area (Å²) in [6.07, 6.45) is 1.02. The van der Waals surface area contributed by atoms with Crippen molar-refractivity contribution in [2.24, 2.45) is 0 Å². The van der Waals surface area contributed by atoms with E-state index < -0.39 is 0 Å². The molecule has 0 aliphatic carbocycles. The van der Waals surface area contributed by atoms with E-state index in [1.165, 1.54) is 39.4 Å². The van der Waals surface area contributed by atoms with Crippen molar-refractivity contribution in [3.63, 3.8) is 0 Å². The maximum Gasteiger partial charge on any atom is 0.153 e. The number of fused-ring (bicyclic) bond motifs is 2. The van der Waals surface area contributed by atoms with Crippen molar-refractivity contribution in [3.8, 4) is 0 Å². The number of anilines is 1. The summed E-state index contributed by atoms with van der Waals surface area (Å²) < 4.78 is 16.4. The number of aromatic nitrogens is 2. The molecule has 5 nitrogen and oxygen atoms in total. The van der Waals surface area contributed by atoms with Crippen LogP contribution in [0.2, 0.25) is 0 Å². The maximum absolute atomic E-state index is 14.1. The van der Waals surface area contributed by atoms with Gasteiger partial charge in [0.05, 0.1) is 11.2 Å². The first-order chi connectivity index (χ1) is 18.0. The Kier molecular flexibility index (Phi) is 7.75. The van der Waals surface area contributed by atoms with E-state index in [1.54, 1.807) is 12.1 Å². The average Bonchev–Trinajstić information content (AvgIpc) is 3.14. The van der Waals surface area contributed by atoms with Crippen molar-refractivity contribution in [2.75, 3.05) is 44.7 Å². The second-order valence-electron chi connectivity index (χ2n) is 10.8. The highest BCUT2D eigenvalue weighted by Gasteiger charge is 2.25. The largest absolute Gasteiger partial charge is 0.350 e. The van der Waals surface area contributed by atoms with Crippen LogP contribution in [0, 0.1) is 19.7 Å². The Morgan fingerprint density at radius 1 is 0.868 bits per heavy atom. The van der Waals surface area contributed by atoms with Crippen LogP contribution in [0.15, 0.2) is 54.6 Å². The minimum absolute atomic E-state index is 0. The minimum Gasteiger partial charge on any atom is -0.350 e. The maximum atomic E-state index is 14.1. The normalized spacial score (nSPS) is 16.5. The Morgan fingerprint density at radius 3 is 2.39 bits per heavy atom. The van der Waals surface area contributed by atoms with Gasteiger partial charge < -0.3 is 14.4 Å². The molecule has 0 radical (unpaired) electrons. The van der Waals surface area contributed by atoms with Crippen molar-refractivity contribution >= 4 is 29.1 Å². The van der Waals surface area contributed by atoms with Crippen molar-refractivity contribution in [3.05, 3.63) is 94.1 Å². The summed E-state index contributed by atoms with van der Waals surface area (Å²) in [6.45, 7) is 12.0. The SMILES string of the molecule is Cc1c(C)n(Cc2cccc(F)c2)c2c(N3CCc4ccccc4C3)nc(CN3CCN(C)CC3)cc12.Cl. The highest BCUT2D eigenvalue weighted by molar-refractivity contribution is 5.94. The zero-order valence-corrected chi connectivity index (χ0v) is 23.4. The summed E-state index contributed by atoms with van der Waals surface area (Å²) in [4.78, 5) is 12.7. The second-order valence-corrected chi connectivity index (χ2v) is 10.8. The fraction of sp³-hybridized carbons (Fsp3) is 0.387. The summed E-state index contributed by atoms with van der Waals surface area (Å²) >= 11 is 0. The number of hydrogen-bond donors (Lipinski definition) is 0. The number of piperazine rings is 1. The van der Waals surface area contributed by atoms with Crippen LogP contribution in [-0.2, 0) is 26.1 Å². The molecule has 2 aliphatic heterocycles. The van der Waals surface area contributed by atoms with E-state index in [2.05, 4.69) is 70.5 Å². The van der Waals surface area contributed by atoms with Crippen LogP contribution in [0.3, 0.4) is 0 Å². The molecule has 0 N–H and O–H groups in total. The lowest BCUT2D eigenvalue weighted by atomic mass is 10.00. The Morgan fingerprint density at radius 2 is 1.63 bits per heavy atom. The lowest BCUT2D eigenvalue weighted by Crippen LogP contribution is -2.44. The van der Waals surface area contributed by atoms with Crippen molar-refractivity contribution in [2.45, 2.75) is 39.9 Å². The zero-order valence-electron chi connectivity index (χ0n) is 22.6. The first-order valence-corrected chi connectivity index (χ1v) is 13.4. The number of halogens is 2. The van der Waals surface area contributed by atoms with Crippen molar-refractivity contribution in [1.82, 2.24) is 19.4 Å². The third-order valence-corrected chi connectivity index (χ3v) is 8.29. The van der Waals surface area contributed by atoms with Crippen molar-refractivity contribution in [1.29, 1.82) is 0 Å². The van der Waals surface area contributed by atoms with Gasteiger partial charge in [0.1, 0.15) is 5.82 Å². The molecule has 1 saturated heterocycles. The highest BCUT2D eigenvalue weighted by Crippen LogP contribution is 2.35. The summed E-state index contributed by atoms with van der Waals surface area (Å²) in [5.74, 6) is 0.868. The molecule has 1 fully saturated rings. The number of nitrogens with zero attached hydrogens (tertiary/aromatic N) is 5. The molecule has 0 unspecified atom stereocenters. The molecule has 2 aromatic carbocycles. The van der Waals surface area contributed by atoms with E-state index >= 15 is 0 Å². The van der Waals surface area contributed by atoms with Gasteiger partial charge in [-0.25, -0.2) is 9.37 Å². The summed E-state index contributed by atoms with van der Waals surface area (Å²) in [6, 6.07) is 18.0. The van der Waals surface area contributed by atoms with Gasteiger partial charge in [-0.2, -0.15) is 0 Å². The lowest BCUT2D eigenvalue weighted by molar-refractivity contribution is 0.147. The molecule has 38 heavy (non-hydrogen) atoms. The molecule has 2 aromatic heterocycles. The fourth-order valence-electron chi connectivity index (χ4n) is 5.92. The monoisotopic (exact) mass is 533 g/mol. The van der Waals surface area contributed by atoms with E-state index in [0.717, 1.165) is 69.3 Å². The Hall–Kier alpha value is -2.93. The fourth-order valence-corrected chi connectivity index (χ4v) is 5.92. The number of likely N-dealkylation sites (N-methyl/N-ethyl adjacent to an activating group) is 1. The van der Waals surface area contributed by atoms with Gasteiger partial charge in [-0.1, -0.05) is 36.4 Å². The molecule has 2 aliphatic rings. The van der Waals surface area contributed by atoms with Gasteiger partial charge in [0.25, 0.3) is 0 Å². The Bertz CT molecular complexity index is 1440. The molecule has 4 heterocycles. The smallest absolute Gasteiger partial charge is 0.153 e. The molecule has 0 bridgehead atoms. The number of aryl methyl sites for hydroxylation is 1. The van der Waals surface area contributed by atoms with Crippen LogP contribution in [0.4, 0.5) is 10.2 Å². The van der Waals surface area contributed by atoms with Gasteiger partial charge in [-0.15, -0.1) is 12.4 Å². The molecule has 0 amide bonds. The first-order valence-electron chi connectivity index (χ1n) is 13.4. The summed E-state index contributed by atoms with van der Waals surface area (Å²) in [5.41, 5.74) is 8.59. The predicted molar refractivity (Wildman–Crippen MR) is 156 cm³/mol. The van der Waals surface area contributed by atoms with Crippen LogP contribution in [0.25, 0.3) is 10.9 Å². The van der Waals surface area contributed by atoms with Gasteiger partial charge in [0.15, 0.2) is 5.82 Å². The van der Waals surface area contributed by atoms with Gasteiger partial charge in [-0.3, -0.25) is 4.90 Å². The van der Waals surface area contributed by atoms with E-state index in [1.807, 2.05) is 6.07 Å². The number of hydrogen-bond acceptors (Lipinski definition) is 4. The van der Waals surface area contributed by atoms with Crippen LogP contribution in [0.1, 0.15) is 33.6 Å². The topological polar surface area (TPSA) is 27.5 Å². The average molecular weight is 534 g/mol. The first kappa shape index (κ1) is 26.7. The lowest BCUT2D eigenvalue weighted by Gasteiger charge is -2.33. The van der Waals surface area contributed by atoms with Crippen LogP contribution in [0.5, 0.6) is 0 Å². The van der Waals surface area contributed by atoms with E-state index in [0.29, 0.717) is 6.54 Å². The van der Waals surface area contributed by atoms with Crippen LogP contribution < -0.4 is 4.90 Å². The van der Waals surface area contributed by atoms with Gasteiger partial charge >= 0.3 is 0 Å². The second kappa shape index (κ2) is 11.0. The van der Waals surface area contributed by atoms with Crippen molar-refractivity contribution < 1.29 is 4.39 Å². The van der Waals surface area contributed by atoms with E-state index in [4.69, 9.17) is 4.98 Å². The van der Waals surface area contributed by atoms with Crippen LogP contribution in [-0.4, -0.2) is 59.1 Å². The van der Waals surface area contributed by atoms with Gasteiger partial charge in [0, 0.05) is 63.4 Å². The predicted octanol–water partition coefficient (Wildman–Crippen LogP) is 5.57. The van der Waals surface area contributed by atoms with E-state index in [9.17, 15) is 4.39 Å². The third kappa shape index (κ3) is 5.18. The van der Waals surface area contributed by atoms with Crippen LogP contribution >= 0.6 is 12.4 Å². The number of pyridine rings is 1. The van der Waals surface area contributed by atoms with Gasteiger partial charge in [-0.05, 0) is 67.8 Å². The molecule has 4 aromatic rings. The third-order valence-electron chi connectivity index (χ3n) is 8.29. The minimum atomic E-state index is -0.191. The molecule has 0 spiro atoms. The Balaban J connectivity index is 0.00000294. The molecular weight excluding hydrogens is 497 g/mol. The molecule has 200 valence electrons. The Labute approximate surface area is 231 Å². The summed E-state index contributed by atoms with van der Waals surface area (Å²) in [5, 5.41) is 1.27. The molecule has 6 rings (SSSR count). The number of benzene rings is 2. The number of rotatable bonds is 5. The molecule has 0 atom stereocenters. The highest BCUT2D eigenvalue weighted by atomic mass is 35.5. The zero-order chi connectivity index (χ0) is 25.5. The molecular formula is C31H37ClFN5. The van der Waals surface area contributed by atoms with Gasteiger partial charge in [0.2, 0.25) is 0 Å². The quantitative estimate of drug-likeness (QED) is 0.335.